The van der Waals surface area contributed by atoms with Gasteiger partial charge in [0.05, 0.1) is 29.8 Å². The van der Waals surface area contributed by atoms with Crippen molar-refractivity contribution in [2.45, 2.75) is 6.54 Å². The van der Waals surface area contributed by atoms with E-state index in [0.717, 1.165) is 11.4 Å². The minimum atomic E-state index is 0.576. The Kier molecular flexibility index (Phi) is 2.31. The van der Waals surface area contributed by atoms with E-state index in [-0.39, 0.29) is 0 Å². The average molecular weight is 190 g/mol. The van der Waals surface area contributed by atoms with Gasteiger partial charge in [0, 0.05) is 6.20 Å². The van der Waals surface area contributed by atoms with Crippen molar-refractivity contribution in [3.05, 3.63) is 36.8 Å². The summed E-state index contributed by atoms with van der Waals surface area (Å²) < 4.78 is 4.84. The summed E-state index contributed by atoms with van der Waals surface area (Å²) in [6.45, 7) is 0.576. The molecule has 2 aromatic rings. The van der Waals surface area contributed by atoms with Crippen LogP contribution in [-0.4, -0.2) is 9.97 Å². The number of hydrogen-bond donors (Lipinski definition) is 2. The number of oxazole rings is 1. The van der Waals surface area contributed by atoms with Crippen LogP contribution in [0, 0.1) is 0 Å². The van der Waals surface area contributed by atoms with Crippen LogP contribution in [0.25, 0.3) is 0 Å². The van der Waals surface area contributed by atoms with Crippen molar-refractivity contribution in [2.24, 2.45) is 0 Å². The molecule has 3 N–H and O–H groups in total. The van der Waals surface area contributed by atoms with E-state index in [9.17, 15) is 0 Å². The predicted octanol–water partition coefficient (Wildman–Crippen LogP) is 1.26. The Morgan fingerprint density at radius 2 is 2.43 bits per heavy atom. The zero-order valence-electron chi connectivity index (χ0n) is 7.47. The maximum atomic E-state index is 5.71. The van der Waals surface area contributed by atoms with Crippen molar-refractivity contribution >= 4 is 11.4 Å². The van der Waals surface area contributed by atoms with E-state index in [2.05, 4.69) is 15.3 Å². The van der Waals surface area contributed by atoms with Gasteiger partial charge >= 0.3 is 0 Å². The largest absolute Gasteiger partial charge is 0.451 e. The van der Waals surface area contributed by atoms with Crippen LogP contribution in [0.3, 0.4) is 0 Å². The number of aromatic nitrogens is 2. The van der Waals surface area contributed by atoms with E-state index in [1.165, 1.54) is 6.39 Å². The summed E-state index contributed by atoms with van der Waals surface area (Å²) in [6, 6.07) is 1.74. The number of pyridine rings is 1. The Labute approximate surface area is 81.0 Å². The normalized spacial score (nSPS) is 10.0. The number of hydrogen-bond acceptors (Lipinski definition) is 5. The summed E-state index contributed by atoms with van der Waals surface area (Å²) in [5.74, 6) is 0. The van der Waals surface area contributed by atoms with Gasteiger partial charge in [-0.15, -0.1) is 0 Å². The first kappa shape index (κ1) is 8.55. The van der Waals surface area contributed by atoms with Gasteiger partial charge in [0.25, 0.3) is 0 Å². The van der Waals surface area contributed by atoms with Crippen LogP contribution in [0.4, 0.5) is 11.4 Å². The van der Waals surface area contributed by atoms with E-state index in [1.54, 1.807) is 24.7 Å². The van der Waals surface area contributed by atoms with Crippen LogP contribution >= 0.6 is 0 Å². The van der Waals surface area contributed by atoms with Crippen LogP contribution in [0.2, 0.25) is 0 Å². The fourth-order valence-corrected chi connectivity index (χ4v) is 1.06. The molecule has 0 saturated carbocycles. The number of rotatable bonds is 3. The number of nitrogens with two attached hydrogens (primary N) is 1. The first-order valence-electron chi connectivity index (χ1n) is 4.16. The second kappa shape index (κ2) is 3.78. The van der Waals surface area contributed by atoms with Crippen LogP contribution < -0.4 is 11.1 Å². The molecule has 0 saturated heterocycles. The monoisotopic (exact) mass is 190 g/mol. The lowest BCUT2D eigenvalue weighted by Gasteiger charge is -2.05. The van der Waals surface area contributed by atoms with E-state index in [0.29, 0.717) is 12.2 Å². The molecule has 2 rings (SSSR count). The molecule has 2 heterocycles. The van der Waals surface area contributed by atoms with E-state index in [1.807, 2.05) is 0 Å². The number of anilines is 2. The first-order valence-corrected chi connectivity index (χ1v) is 4.16. The molecule has 5 nitrogen and oxygen atoms in total. The highest BCUT2D eigenvalue weighted by Crippen LogP contribution is 2.15. The highest BCUT2D eigenvalue weighted by Gasteiger charge is 1.99. The van der Waals surface area contributed by atoms with Gasteiger partial charge in [-0.2, -0.15) is 0 Å². The molecular weight excluding hydrogens is 180 g/mol. The van der Waals surface area contributed by atoms with Crippen molar-refractivity contribution in [1.82, 2.24) is 9.97 Å². The molecule has 0 radical (unpaired) electrons. The Bertz CT molecular complexity index is 399. The maximum Gasteiger partial charge on any atom is 0.180 e. The zero-order chi connectivity index (χ0) is 9.80. The fourth-order valence-electron chi connectivity index (χ4n) is 1.06. The lowest BCUT2D eigenvalue weighted by Crippen LogP contribution is -2.02. The summed E-state index contributed by atoms with van der Waals surface area (Å²) in [5.41, 5.74) is 8.01. The Balaban J connectivity index is 2.02. The van der Waals surface area contributed by atoms with Gasteiger partial charge < -0.3 is 15.5 Å². The molecule has 2 aromatic heterocycles. The summed E-state index contributed by atoms with van der Waals surface area (Å²) in [7, 11) is 0. The highest BCUT2D eigenvalue weighted by molar-refractivity contribution is 5.63. The predicted molar refractivity (Wildman–Crippen MR) is 52.5 cm³/mol. The molecule has 0 aliphatic rings. The quantitative estimate of drug-likeness (QED) is 0.762. The smallest absolute Gasteiger partial charge is 0.180 e. The fraction of sp³-hybridized carbons (Fsp3) is 0.111. The maximum absolute atomic E-state index is 5.71. The minimum absolute atomic E-state index is 0.576. The van der Waals surface area contributed by atoms with Crippen LogP contribution in [-0.2, 0) is 6.54 Å². The Morgan fingerprint density at radius 1 is 1.50 bits per heavy atom. The van der Waals surface area contributed by atoms with Crippen LogP contribution in [0.15, 0.2) is 35.5 Å². The summed E-state index contributed by atoms with van der Waals surface area (Å²) in [6.07, 6.45) is 6.30. The Hall–Kier alpha value is -2.04. The van der Waals surface area contributed by atoms with Crippen LogP contribution in [0.5, 0.6) is 0 Å². The molecule has 0 spiro atoms. The molecular formula is C9H10N4O. The van der Waals surface area contributed by atoms with Crippen molar-refractivity contribution in [3.63, 3.8) is 0 Å². The van der Waals surface area contributed by atoms with Gasteiger partial charge in [0.1, 0.15) is 6.26 Å². The van der Waals surface area contributed by atoms with Gasteiger partial charge in [0.2, 0.25) is 0 Å². The summed E-state index contributed by atoms with van der Waals surface area (Å²) in [5, 5.41) is 3.11. The number of nitrogen functional groups attached to an aromatic ring is 1. The summed E-state index contributed by atoms with van der Waals surface area (Å²) >= 11 is 0. The molecule has 0 unspecified atom stereocenters. The van der Waals surface area contributed by atoms with Gasteiger partial charge in [-0.1, -0.05) is 0 Å². The van der Waals surface area contributed by atoms with Crippen LogP contribution in [0.1, 0.15) is 5.69 Å². The number of nitrogens with one attached hydrogen (secondary N) is 1. The minimum Gasteiger partial charge on any atom is -0.451 e. The van der Waals surface area contributed by atoms with Gasteiger partial charge in [-0.3, -0.25) is 4.98 Å². The third-order valence-corrected chi connectivity index (χ3v) is 1.80. The number of nitrogens with zero attached hydrogens (tertiary/aromatic N) is 2. The van der Waals surface area contributed by atoms with E-state index in [4.69, 9.17) is 10.2 Å². The molecule has 14 heavy (non-hydrogen) atoms. The third kappa shape index (κ3) is 1.82. The molecule has 0 amide bonds. The molecule has 5 heteroatoms. The Morgan fingerprint density at radius 3 is 3.14 bits per heavy atom. The average Bonchev–Trinajstić information content (AvgIpc) is 2.69. The van der Waals surface area contributed by atoms with Crippen molar-refractivity contribution in [1.29, 1.82) is 0 Å². The van der Waals surface area contributed by atoms with Crippen molar-refractivity contribution in [2.75, 3.05) is 11.1 Å². The standard InChI is InChI=1S/C9H10N4O/c10-8-1-2-11-4-9(8)12-3-7-5-14-6-13-7/h1-2,4-6,12H,3H2,(H2,10,11). The molecule has 0 aromatic carbocycles. The van der Waals surface area contributed by atoms with Gasteiger partial charge in [-0.05, 0) is 6.07 Å². The zero-order valence-corrected chi connectivity index (χ0v) is 7.47. The SMILES string of the molecule is Nc1ccncc1NCc1cocn1. The van der Waals surface area contributed by atoms with E-state index < -0.39 is 0 Å². The highest BCUT2D eigenvalue weighted by atomic mass is 16.3. The van der Waals surface area contributed by atoms with Crippen molar-refractivity contribution in [3.8, 4) is 0 Å². The summed E-state index contributed by atoms with van der Waals surface area (Å²) in [4.78, 5) is 7.93. The van der Waals surface area contributed by atoms with E-state index >= 15 is 0 Å². The third-order valence-electron chi connectivity index (χ3n) is 1.80. The molecule has 0 aliphatic carbocycles. The molecule has 0 fully saturated rings. The molecule has 72 valence electrons. The molecule has 0 atom stereocenters. The van der Waals surface area contributed by atoms with Crippen molar-refractivity contribution < 1.29 is 4.42 Å². The van der Waals surface area contributed by atoms with Gasteiger partial charge in [0.15, 0.2) is 6.39 Å². The van der Waals surface area contributed by atoms with Gasteiger partial charge in [-0.25, -0.2) is 4.98 Å². The molecule has 0 aliphatic heterocycles. The topological polar surface area (TPSA) is 77.0 Å². The first-order chi connectivity index (χ1) is 6.86. The second-order valence-electron chi connectivity index (χ2n) is 2.80. The molecule has 0 bridgehead atoms. The lowest BCUT2D eigenvalue weighted by molar-refractivity contribution is 0.556. The second-order valence-corrected chi connectivity index (χ2v) is 2.80. The lowest BCUT2D eigenvalue weighted by atomic mass is 10.3.